The fourth-order valence-electron chi connectivity index (χ4n) is 1.86. The molecular weight excluding hydrogens is 225 g/mol. The van der Waals surface area contributed by atoms with Gasteiger partial charge in [-0.15, -0.1) is 11.8 Å². The molecule has 2 rings (SSSR count). The molecule has 0 amide bonds. The summed E-state index contributed by atoms with van der Waals surface area (Å²) in [6.45, 7) is 1.48. The normalized spacial score (nSPS) is 25.6. The van der Waals surface area contributed by atoms with E-state index in [1.807, 2.05) is 19.2 Å². The Balaban J connectivity index is 2.05. The summed E-state index contributed by atoms with van der Waals surface area (Å²) in [6.07, 6.45) is 0.989. The molecule has 0 aliphatic carbocycles. The Morgan fingerprint density at radius 3 is 3.00 bits per heavy atom. The second-order valence-electron chi connectivity index (χ2n) is 3.85. The maximum Gasteiger partial charge on any atom is 0.136 e. The molecule has 0 saturated carbocycles. The average Bonchev–Trinajstić information content (AvgIpc) is 2.33. The van der Waals surface area contributed by atoms with Gasteiger partial charge in [0.15, 0.2) is 0 Å². The molecule has 1 aromatic rings. The van der Waals surface area contributed by atoms with Gasteiger partial charge in [0.25, 0.3) is 0 Å². The maximum absolute atomic E-state index is 13.5. The lowest BCUT2D eigenvalue weighted by molar-refractivity contribution is 0.0850. The second-order valence-corrected chi connectivity index (χ2v) is 5.13. The van der Waals surface area contributed by atoms with Gasteiger partial charge in [-0.2, -0.15) is 0 Å². The molecule has 1 aliphatic heterocycles. The molecule has 0 radical (unpaired) electrons. The lowest BCUT2D eigenvalue weighted by Gasteiger charge is -2.30. The van der Waals surface area contributed by atoms with Crippen molar-refractivity contribution in [2.75, 3.05) is 20.3 Å². The van der Waals surface area contributed by atoms with Crippen molar-refractivity contribution in [1.29, 1.82) is 0 Å². The molecule has 2 unspecified atom stereocenters. The van der Waals surface area contributed by atoms with E-state index in [4.69, 9.17) is 4.74 Å². The highest BCUT2D eigenvalue weighted by Crippen LogP contribution is 2.30. The first-order valence-corrected chi connectivity index (χ1v) is 6.35. The largest absolute Gasteiger partial charge is 0.380 e. The fourth-order valence-corrected chi connectivity index (χ4v) is 3.13. The molecular formula is C12H16FNOS. The number of rotatable bonds is 3. The van der Waals surface area contributed by atoms with E-state index in [1.165, 1.54) is 6.07 Å². The Labute approximate surface area is 99.6 Å². The van der Waals surface area contributed by atoms with Gasteiger partial charge >= 0.3 is 0 Å². The quantitative estimate of drug-likeness (QED) is 0.877. The zero-order valence-corrected chi connectivity index (χ0v) is 10.1. The topological polar surface area (TPSA) is 21.3 Å². The highest BCUT2D eigenvalue weighted by molar-refractivity contribution is 8.00. The maximum atomic E-state index is 13.5. The van der Waals surface area contributed by atoms with Crippen molar-refractivity contribution in [3.05, 3.63) is 30.1 Å². The predicted octanol–water partition coefficient (Wildman–Crippen LogP) is 2.29. The third-order valence-electron chi connectivity index (χ3n) is 2.79. The van der Waals surface area contributed by atoms with E-state index in [0.717, 1.165) is 13.0 Å². The summed E-state index contributed by atoms with van der Waals surface area (Å²) in [6, 6.07) is 7.30. The molecule has 4 heteroatoms. The zero-order chi connectivity index (χ0) is 11.4. The van der Waals surface area contributed by atoms with Crippen molar-refractivity contribution in [3.63, 3.8) is 0 Å². The van der Waals surface area contributed by atoms with Gasteiger partial charge in [0.2, 0.25) is 0 Å². The highest BCUT2D eigenvalue weighted by atomic mass is 32.2. The van der Waals surface area contributed by atoms with E-state index in [0.29, 0.717) is 17.5 Å². The minimum Gasteiger partial charge on any atom is -0.380 e. The fraction of sp³-hybridized carbons (Fsp3) is 0.500. The van der Waals surface area contributed by atoms with E-state index in [2.05, 4.69) is 5.32 Å². The van der Waals surface area contributed by atoms with Gasteiger partial charge in [0, 0.05) is 22.8 Å². The minimum atomic E-state index is -0.145. The number of thioether (sulfide) groups is 1. The van der Waals surface area contributed by atoms with Crippen LogP contribution in [0.15, 0.2) is 29.2 Å². The van der Waals surface area contributed by atoms with Crippen LogP contribution in [-0.4, -0.2) is 31.6 Å². The van der Waals surface area contributed by atoms with Gasteiger partial charge in [0.1, 0.15) is 5.82 Å². The molecule has 1 fully saturated rings. The summed E-state index contributed by atoms with van der Waals surface area (Å²) in [5.41, 5.74) is 0. The summed E-state index contributed by atoms with van der Waals surface area (Å²) in [5.74, 6) is -0.145. The predicted molar refractivity (Wildman–Crippen MR) is 64.3 cm³/mol. The van der Waals surface area contributed by atoms with Crippen LogP contribution in [0.4, 0.5) is 4.39 Å². The van der Waals surface area contributed by atoms with Crippen LogP contribution in [-0.2, 0) is 4.74 Å². The van der Waals surface area contributed by atoms with Crippen LogP contribution in [0.1, 0.15) is 6.42 Å². The minimum absolute atomic E-state index is 0.145. The van der Waals surface area contributed by atoms with E-state index < -0.39 is 0 Å². The summed E-state index contributed by atoms with van der Waals surface area (Å²) >= 11 is 1.56. The lowest BCUT2D eigenvalue weighted by Crippen LogP contribution is -2.43. The Morgan fingerprint density at radius 1 is 1.44 bits per heavy atom. The van der Waals surface area contributed by atoms with E-state index in [1.54, 1.807) is 17.8 Å². The molecule has 1 saturated heterocycles. The van der Waals surface area contributed by atoms with Gasteiger partial charge in [-0.05, 0) is 25.6 Å². The highest BCUT2D eigenvalue weighted by Gasteiger charge is 2.25. The summed E-state index contributed by atoms with van der Waals surface area (Å²) in [4.78, 5) is 0.707. The standard InChI is InChI=1S/C12H16FNOS/c1-14-10-6-7-15-8-12(10)16-11-5-3-2-4-9(11)13/h2-5,10,12,14H,6-8H2,1H3. The van der Waals surface area contributed by atoms with Crippen LogP contribution in [0.5, 0.6) is 0 Å². The molecule has 1 aromatic carbocycles. The second kappa shape index (κ2) is 5.66. The number of nitrogens with one attached hydrogen (secondary N) is 1. The van der Waals surface area contributed by atoms with Crippen molar-refractivity contribution in [3.8, 4) is 0 Å². The van der Waals surface area contributed by atoms with E-state index in [-0.39, 0.29) is 11.1 Å². The van der Waals surface area contributed by atoms with Crippen LogP contribution >= 0.6 is 11.8 Å². The third-order valence-corrected chi connectivity index (χ3v) is 4.14. The Kier molecular flexibility index (Phi) is 4.21. The van der Waals surface area contributed by atoms with Crippen molar-refractivity contribution in [1.82, 2.24) is 5.32 Å². The van der Waals surface area contributed by atoms with Gasteiger partial charge in [0.05, 0.1) is 6.61 Å². The number of benzene rings is 1. The molecule has 0 bridgehead atoms. The Hall–Kier alpha value is -0.580. The van der Waals surface area contributed by atoms with Gasteiger partial charge < -0.3 is 10.1 Å². The number of hydrogen-bond donors (Lipinski definition) is 1. The van der Waals surface area contributed by atoms with Gasteiger partial charge in [-0.25, -0.2) is 4.39 Å². The monoisotopic (exact) mass is 241 g/mol. The summed E-state index contributed by atoms with van der Waals surface area (Å²) in [5, 5.41) is 3.56. The average molecular weight is 241 g/mol. The SMILES string of the molecule is CNC1CCOCC1Sc1ccccc1F. The smallest absolute Gasteiger partial charge is 0.136 e. The first-order chi connectivity index (χ1) is 7.81. The zero-order valence-electron chi connectivity index (χ0n) is 9.28. The van der Waals surface area contributed by atoms with Crippen molar-refractivity contribution in [2.24, 2.45) is 0 Å². The number of halogens is 1. The molecule has 0 spiro atoms. The molecule has 16 heavy (non-hydrogen) atoms. The Bertz CT molecular complexity index is 348. The van der Waals surface area contributed by atoms with Gasteiger partial charge in [-0.1, -0.05) is 12.1 Å². The van der Waals surface area contributed by atoms with E-state index >= 15 is 0 Å². The van der Waals surface area contributed by atoms with Gasteiger partial charge in [-0.3, -0.25) is 0 Å². The van der Waals surface area contributed by atoms with Crippen LogP contribution < -0.4 is 5.32 Å². The summed E-state index contributed by atoms with van der Waals surface area (Å²) in [7, 11) is 1.95. The molecule has 1 heterocycles. The molecule has 0 aromatic heterocycles. The molecule has 2 nitrogen and oxygen atoms in total. The van der Waals surface area contributed by atoms with Crippen molar-refractivity contribution >= 4 is 11.8 Å². The first-order valence-electron chi connectivity index (χ1n) is 5.47. The number of hydrogen-bond acceptors (Lipinski definition) is 3. The summed E-state index contributed by atoms with van der Waals surface area (Å²) < 4.78 is 18.9. The van der Waals surface area contributed by atoms with Crippen LogP contribution in [0.25, 0.3) is 0 Å². The van der Waals surface area contributed by atoms with Crippen LogP contribution in [0, 0.1) is 5.82 Å². The lowest BCUT2D eigenvalue weighted by atomic mass is 10.1. The number of ether oxygens (including phenoxy) is 1. The van der Waals surface area contributed by atoms with E-state index in [9.17, 15) is 4.39 Å². The van der Waals surface area contributed by atoms with Crippen LogP contribution in [0.2, 0.25) is 0 Å². The first kappa shape index (κ1) is 11.9. The molecule has 1 aliphatic rings. The third kappa shape index (κ3) is 2.75. The van der Waals surface area contributed by atoms with Crippen molar-refractivity contribution in [2.45, 2.75) is 22.6 Å². The molecule has 1 N–H and O–H groups in total. The molecule has 88 valence electrons. The Morgan fingerprint density at radius 2 is 2.25 bits per heavy atom. The van der Waals surface area contributed by atoms with Crippen LogP contribution in [0.3, 0.4) is 0 Å². The molecule has 2 atom stereocenters. The van der Waals surface area contributed by atoms with Crippen molar-refractivity contribution < 1.29 is 9.13 Å².